The minimum atomic E-state index is 0.447. The van der Waals surface area contributed by atoms with Crippen LogP contribution in [0.1, 0.15) is 59.9 Å². The summed E-state index contributed by atoms with van der Waals surface area (Å²) in [6.45, 7) is 9.56. The molecule has 1 aliphatic heterocycles. The fourth-order valence-electron chi connectivity index (χ4n) is 4.84. The van der Waals surface area contributed by atoms with Crippen LogP contribution in [0.25, 0.3) is 0 Å². The zero-order valence-corrected chi connectivity index (χ0v) is 16.3. The topological polar surface area (TPSA) is 12.5 Å². The Morgan fingerprint density at radius 3 is 2.68 bits per heavy atom. The fraction of sp³-hybridized carbons (Fsp3) is 0.545. The van der Waals surface area contributed by atoms with Crippen LogP contribution in [-0.4, -0.2) is 24.6 Å². The molecule has 0 bridgehead atoms. The molecule has 134 valence electrons. The van der Waals surface area contributed by atoms with Crippen LogP contribution in [0.4, 0.5) is 0 Å². The van der Waals surface area contributed by atoms with Crippen molar-refractivity contribution in [3.05, 3.63) is 57.3 Å². The molecule has 1 aliphatic carbocycles. The molecule has 0 radical (unpaired) electrons. The second kappa shape index (κ2) is 7.22. The number of rotatable bonds is 5. The van der Waals surface area contributed by atoms with E-state index >= 15 is 0 Å². The van der Waals surface area contributed by atoms with Crippen LogP contribution in [0.2, 0.25) is 0 Å². The van der Waals surface area contributed by atoms with Gasteiger partial charge in [0.25, 0.3) is 0 Å². The van der Waals surface area contributed by atoms with Crippen molar-refractivity contribution in [3.63, 3.8) is 0 Å². The molecule has 1 saturated heterocycles. The summed E-state index contributed by atoms with van der Waals surface area (Å²) in [7, 11) is 0. The first-order chi connectivity index (χ1) is 12.2. The van der Waals surface area contributed by atoms with Crippen LogP contribution in [0.15, 0.2) is 36.4 Å². The largest absolute Gasteiger partial charge is 0.376 e. The van der Waals surface area contributed by atoms with Gasteiger partial charge in [-0.25, -0.2) is 0 Å². The number of ether oxygens (including phenoxy) is 1. The van der Waals surface area contributed by atoms with Crippen molar-refractivity contribution < 1.29 is 4.74 Å². The second-order valence-electron chi connectivity index (χ2n) is 7.75. The van der Waals surface area contributed by atoms with Gasteiger partial charge in [-0.2, -0.15) is 0 Å². The van der Waals surface area contributed by atoms with Crippen LogP contribution in [0, 0.1) is 0 Å². The highest BCUT2D eigenvalue weighted by molar-refractivity contribution is 7.11. The van der Waals surface area contributed by atoms with Crippen LogP contribution in [-0.2, 0) is 23.3 Å². The van der Waals surface area contributed by atoms with Gasteiger partial charge in [-0.1, -0.05) is 31.2 Å². The summed E-state index contributed by atoms with van der Waals surface area (Å²) in [5.74, 6) is 0.723. The molecular formula is C22H29NOS. The molecule has 0 N–H and O–H groups in total. The van der Waals surface area contributed by atoms with E-state index in [2.05, 4.69) is 55.1 Å². The average molecular weight is 356 g/mol. The van der Waals surface area contributed by atoms with Crippen molar-refractivity contribution in [3.8, 4) is 0 Å². The van der Waals surface area contributed by atoms with Crippen molar-refractivity contribution in [2.75, 3.05) is 19.7 Å². The molecule has 4 rings (SSSR count). The van der Waals surface area contributed by atoms with E-state index in [4.69, 9.17) is 4.74 Å². The highest BCUT2D eigenvalue weighted by Crippen LogP contribution is 2.51. The molecule has 2 aliphatic rings. The lowest BCUT2D eigenvalue weighted by Gasteiger charge is -2.40. The number of hydrogen-bond donors (Lipinski definition) is 0. The third-order valence-electron chi connectivity index (χ3n) is 6.12. The molecule has 25 heavy (non-hydrogen) atoms. The molecule has 0 saturated carbocycles. The minimum absolute atomic E-state index is 0.447. The Morgan fingerprint density at radius 2 is 1.88 bits per heavy atom. The maximum Gasteiger partial charge on any atom is 0.0809 e. The van der Waals surface area contributed by atoms with Gasteiger partial charge in [-0.15, -0.1) is 11.3 Å². The van der Waals surface area contributed by atoms with Crippen LogP contribution in [0.3, 0.4) is 0 Å². The first kappa shape index (κ1) is 17.3. The molecular weight excluding hydrogens is 326 g/mol. The number of nitrogens with zero attached hydrogens (tertiary/aromatic N) is 1. The number of fused-ring (bicyclic) bond motifs is 2. The fourth-order valence-corrected chi connectivity index (χ4v) is 5.83. The highest BCUT2D eigenvalue weighted by atomic mass is 32.1. The Balaban J connectivity index is 1.38. The molecule has 1 aromatic carbocycles. The van der Waals surface area contributed by atoms with Gasteiger partial charge < -0.3 is 4.74 Å². The van der Waals surface area contributed by atoms with E-state index in [1.165, 1.54) is 42.1 Å². The molecule has 1 aromatic heterocycles. The van der Waals surface area contributed by atoms with Gasteiger partial charge >= 0.3 is 0 Å². The normalized spacial score (nSPS) is 22.4. The predicted molar refractivity (Wildman–Crippen MR) is 105 cm³/mol. The van der Waals surface area contributed by atoms with Crippen LogP contribution in [0.5, 0.6) is 0 Å². The summed E-state index contributed by atoms with van der Waals surface area (Å²) in [5, 5.41) is 0. The molecule has 2 aromatic rings. The first-order valence-corrected chi connectivity index (χ1v) is 10.5. The van der Waals surface area contributed by atoms with Crippen molar-refractivity contribution in [1.29, 1.82) is 0 Å². The van der Waals surface area contributed by atoms with Gasteiger partial charge in [0.15, 0.2) is 0 Å². The van der Waals surface area contributed by atoms with Gasteiger partial charge in [0.05, 0.1) is 6.61 Å². The quantitative estimate of drug-likeness (QED) is 0.719. The maximum absolute atomic E-state index is 5.53. The van der Waals surface area contributed by atoms with Crippen LogP contribution < -0.4 is 0 Å². The molecule has 2 nitrogen and oxygen atoms in total. The minimum Gasteiger partial charge on any atom is -0.376 e. The SMILES string of the molecule is CCOCc1ccc(CN2CCC3(CC2)CC(C)c2ccccc23)s1. The Hall–Kier alpha value is -1.16. The van der Waals surface area contributed by atoms with E-state index in [9.17, 15) is 0 Å². The first-order valence-electron chi connectivity index (χ1n) is 9.67. The number of likely N-dealkylation sites (tertiary alicyclic amines) is 1. The molecule has 1 fully saturated rings. The van der Waals surface area contributed by atoms with Crippen molar-refractivity contribution in [2.45, 2.75) is 57.6 Å². The molecule has 1 unspecified atom stereocenters. The molecule has 3 heteroatoms. The van der Waals surface area contributed by atoms with Crippen LogP contribution >= 0.6 is 11.3 Å². The van der Waals surface area contributed by atoms with Gasteiger partial charge in [0, 0.05) is 22.9 Å². The molecule has 2 heterocycles. The smallest absolute Gasteiger partial charge is 0.0809 e. The Kier molecular flexibility index (Phi) is 4.99. The van der Waals surface area contributed by atoms with E-state index in [0.29, 0.717) is 5.41 Å². The third kappa shape index (κ3) is 3.42. The van der Waals surface area contributed by atoms with Gasteiger partial charge in [0.2, 0.25) is 0 Å². The van der Waals surface area contributed by atoms with Crippen molar-refractivity contribution >= 4 is 11.3 Å². The lowest BCUT2D eigenvalue weighted by atomic mass is 9.73. The van der Waals surface area contributed by atoms with Gasteiger partial charge in [0.1, 0.15) is 0 Å². The Labute approximate surface area is 155 Å². The zero-order valence-electron chi connectivity index (χ0n) is 15.5. The summed E-state index contributed by atoms with van der Waals surface area (Å²) in [6.07, 6.45) is 3.97. The van der Waals surface area contributed by atoms with E-state index < -0.39 is 0 Å². The molecule has 1 spiro atoms. The van der Waals surface area contributed by atoms with Gasteiger partial charge in [-0.05, 0) is 73.9 Å². The monoisotopic (exact) mass is 355 g/mol. The standard InChI is InChI=1S/C22H29NOS/c1-3-24-16-19-9-8-18(25-19)15-23-12-10-22(11-13-23)14-17(2)20-6-4-5-7-21(20)22/h4-9,17H,3,10-16H2,1-2H3. The van der Waals surface area contributed by atoms with Gasteiger partial charge in [-0.3, -0.25) is 4.90 Å². The summed E-state index contributed by atoms with van der Waals surface area (Å²) in [6, 6.07) is 13.7. The molecule has 1 atom stereocenters. The Morgan fingerprint density at radius 1 is 1.12 bits per heavy atom. The summed E-state index contributed by atoms with van der Waals surface area (Å²) >= 11 is 1.91. The van der Waals surface area contributed by atoms with E-state index in [0.717, 1.165) is 25.7 Å². The second-order valence-corrected chi connectivity index (χ2v) is 9.01. The van der Waals surface area contributed by atoms with Crippen molar-refractivity contribution in [2.24, 2.45) is 0 Å². The average Bonchev–Trinajstić information content (AvgIpc) is 3.19. The zero-order chi connectivity index (χ0) is 17.3. The summed E-state index contributed by atoms with van der Waals surface area (Å²) in [5.41, 5.74) is 3.70. The predicted octanol–water partition coefficient (Wildman–Crippen LogP) is 5.33. The number of piperidine rings is 1. The van der Waals surface area contributed by atoms with E-state index in [1.807, 2.05) is 11.3 Å². The maximum atomic E-state index is 5.53. The lowest BCUT2D eigenvalue weighted by molar-refractivity contribution is 0.136. The number of thiophene rings is 1. The number of hydrogen-bond acceptors (Lipinski definition) is 3. The van der Waals surface area contributed by atoms with Crippen molar-refractivity contribution in [1.82, 2.24) is 4.90 Å². The molecule has 0 amide bonds. The number of benzene rings is 1. The lowest BCUT2D eigenvalue weighted by Crippen LogP contribution is -2.41. The highest BCUT2D eigenvalue weighted by Gasteiger charge is 2.43. The van der Waals surface area contributed by atoms with E-state index in [-0.39, 0.29) is 0 Å². The Bertz CT molecular complexity index is 714. The summed E-state index contributed by atoms with van der Waals surface area (Å²) < 4.78 is 5.53. The van der Waals surface area contributed by atoms with E-state index in [1.54, 1.807) is 11.1 Å². The third-order valence-corrected chi connectivity index (χ3v) is 7.16. The summed E-state index contributed by atoms with van der Waals surface area (Å²) in [4.78, 5) is 5.47.